The lowest BCUT2D eigenvalue weighted by atomic mass is 9.99. The Morgan fingerprint density at radius 1 is 0.287 bits per heavy atom. The van der Waals surface area contributed by atoms with E-state index in [1.807, 2.05) is 0 Å². The minimum Gasteiger partial charge on any atom is -0.462 e. The Balaban J connectivity index is 5.24. The van der Waals surface area contributed by atoms with Gasteiger partial charge < -0.3 is 33.8 Å². The van der Waals surface area contributed by atoms with Crippen LogP contribution in [0.15, 0.2) is 0 Å². The van der Waals surface area contributed by atoms with Crippen LogP contribution in [-0.4, -0.2) is 96.7 Å². The largest absolute Gasteiger partial charge is 0.472 e. The molecule has 0 aliphatic carbocycles. The number of phosphoric acid groups is 2. The highest BCUT2D eigenvalue weighted by atomic mass is 31.2. The molecule has 0 aromatic carbocycles. The molecule has 101 heavy (non-hydrogen) atoms. The van der Waals surface area contributed by atoms with E-state index in [2.05, 4.69) is 48.5 Å². The Bertz CT molecular complexity index is 1960. The second kappa shape index (κ2) is 72.3. The van der Waals surface area contributed by atoms with Crippen LogP contribution in [0.2, 0.25) is 0 Å². The smallest absolute Gasteiger partial charge is 0.462 e. The molecule has 0 fully saturated rings. The van der Waals surface area contributed by atoms with Gasteiger partial charge in [-0.1, -0.05) is 376 Å². The predicted octanol–water partition coefficient (Wildman–Crippen LogP) is 24.5. The van der Waals surface area contributed by atoms with Gasteiger partial charge in [-0.3, -0.25) is 37.3 Å². The number of carbonyl (C=O) groups excluding carboxylic acids is 4. The molecular formula is C82H160O17P2. The van der Waals surface area contributed by atoms with E-state index in [4.69, 9.17) is 37.0 Å². The van der Waals surface area contributed by atoms with Crippen molar-refractivity contribution in [1.82, 2.24) is 0 Å². The summed E-state index contributed by atoms with van der Waals surface area (Å²) >= 11 is 0. The number of aliphatic hydroxyl groups excluding tert-OH is 1. The number of ether oxygens (including phenoxy) is 4. The van der Waals surface area contributed by atoms with Gasteiger partial charge >= 0.3 is 39.5 Å². The number of hydrogen-bond acceptors (Lipinski definition) is 15. The first-order chi connectivity index (χ1) is 48.8. The maximum absolute atomic E-state index is 13.1. The lowest BCUT2D eigenvalue weighted by Crippen LogP contribution is -2.30. The van der Waals surface area contributed by atoms with Gasteiger partial charge in [0.25, 0.3) is 0 Å². The van der Waals surface area contributed by atoms with Crippen molar-refractivity contribution in [2.45, 2.75) is 446 Å². The lowest BCUT2D eigenvalue weighted by Gasteiger charge is -2.21. The van der Waals surface area contributed by atoms with Crippen molar-refractivity contribution in [1.29, 1.82) is 0 Å². The summed E-state index contributed by atoms with van der Waals surface area (Å²) in [6.07, 6.45) is 61.0. The molecule has 0 radical (unpaired) electrons. The average molecular weight is 1480 g/mol. The SMILES string of the molecule is CCCCCCCCCCCCCCCCCCCCCCCC(=O)O[C@H](COC(=O)CCCCCCCCCCCCCC(C)C)COP(=O)(O)OC[C@@H](O)COP(=O)(O)OC[C@@H](COC(=O)CCCCCCCCCCCC(C)C)OC(=O)CCCCCCCCCCCCC(C)CC. The number of phosphoric ester groups is 2. The average Bonchev–Trinajstić information content (AvgIpc) is 0.936. The highest BCUT2D eigenvalue weighted by Gasteiger charge is 2.30. The van der Waals surface area contributed by atoms with Crippen LogP contribution in [-0.2, 0) is 65.4 Å². The summed E-state index contributed by atoms with van der Waals surface area (Å²) in [6.45, 7) is 12.0. The molecular weight excluding hydrogens is 1320 g/mol. The molecule has 0 aromatic heterocycles. The van der Waals surface area contributed by atoms with E-state index < -0.39 is 97.5 Å². The summed E-state index contributed by atoms with van der Waals surface area (Å²) in [5.74, 6) is 0.207. The number of rotatable bonds is 80. The van der Waals surface area contributed by atoms with E-state index in [-0.39, 0.29) is 25.7 Å². The van der Waals surface area contributed by atoms with Crippen LogP contribution >= 0.6 is 15.6 Å². The fourth-order valence-electron chi connectivity index (χ4n) is 12.6. The van der Waals surface area contributed by atoms with E-state index in [1.165, 1.54) is 238 Å². The summed E-state index contributed by atoms with van der Waals surface area (Å²) in [4.78, 5) is 73.1. The van der Waals surface area contributed by atoms with Gasteiger partial charge in [-0.05, 0) is 43.4 Å². The van der Waals surface area contributed by atoms with E-state index >= 15 is 0 Å². The zero-order chi connectivity index (χ0) is 74.4. The maximum atomic E-state index is 13.1. The Labute approximate surface area is 619 Å². The Morgan fingerprint density at radius 3 is 0.752 bits per heavy atom. The van der Waals surface area contributed by atoms with E-state index in [1.54, 1.807) is 0 Å². The zero-order valence-electron chi connectivity index (χ0n) is 66.4. The summed E-state index contributed by atoms with van der Waals surface area (Å²) in [5, 5.41) is 10.7. The lowest BCUT2D eigenvalue weighted by molar-refractivity contribution is -0.161. The minimum absolute atomic E-state index is 0.106. The summed E-state index contributed by atoms with van der Waals surface area (Å²) < 4.78 is 68.8. The van der Waals surface area contributed by atoms with Crippen LogP contribution in [0.3, 0.4) is 0 Å². The molecule has 0 rings (SSSR count). The molecule has 0 spiro atoms. The van der Waals surface area contributed by atoms with Crippen LogP contribution < -0.4 is 0 Å². The second-order valence-electron chi connectivity index (χ2n) is 30.7. The van der Waals surface area contributed by atoms with Crippen molar-refractivity contribution in [3.05, 3.63) is 0 Å². The van der Waals surface area contributed by atoms with Gasteiger partial charge in [0.05, 0.1) is 26.4 Å². The Hall–Kier alpha value is -1.94. The van der Waals surface area contributed by atoms with Gasteiger partial charge in [-0.25, -0.2) is 9.13 Å². The summed E-state index contributed by atoms with van der Waals surface area (Å²) in [5.41, 5.74) is 0. The molecule has 0 heterocycles. The van der Waals surface area contributed by atoms with Crippen molar-refractivity contribution >= 4 is 39.5 Å². The molecule has 0 amide bonds. The molecule has 0 bridgehead atoms. The third kappa shape index (κ3) is 74.7. The van der Waals surface area contributed by atoms with Crippen molar-refractivity contribution in [3.63, 3.8) is 0 Å². The first-order valence-corrected chi connectivity index (χ1v) is 45.4. The molecule has 6 atom stereocenters. The first-order valence-electron chi connectivity index (χ1n) is 42.4. The van der Waals surface area contributed by atoms with Crippen LogP contribution in [0.5, 0.6) is 0 Å². The predicted molar refractivity (Wildman–Crippen MR) is 414 cm³/mol. The minimum atomic E-state index is -4.96. The molecule has 3 unspecified atom stereocenters. The molecule has 0 saturated carbocycles. The van der Waals surface area contributed by atoms with Crippen molar-refractivity contribution in [2.24, 2.45) is 17.8 Å². The van der Waals surface area contributed by atoms with Gasteiger partial charge in [0.2, 0.25) is 0 Å². The third-order valence-electron chi connectivity index (χ3n) is 19.5. The van der Waals surface area contributed by atoms with Crippen LogP contribution in [0.25, 0.3) is 0 Å². The summed E-state index contributed by atoms with van der Waals surface area (Å²) in [7, 11) is -9.92. The van der Waals surface area contributed by atoms with E-state index in [0.717, 1.165) is 108 Å². The quantitative estimate of drug-likeness (QED) is 0.0222. The first kappa shape index (κ1) is 99.1. The fraction of sp³-hybridized carbons (Fsp3) is 0.951. The molecule has 600 valence electrons. The number of hydrogen-bond donors (Lipinski definition) is 3. The highest BCUT2D eigenvalue weighted by Crippen LogP contribution is 2.45. The Morgan fingerprint density at radius 2 is 0.505 bits per heavy atom. The number of carbonyl (C=O) groups is 4. The standard InChI is InChI=1S/C82H160O17P2/c1-8-10-11-12-13-14-15-16-17-18-19-20-21-22-23-24-27-36-44-51-58-65-81(86)98-77(69-92-79(84)63-56-49-42-35-28-25-26-32-39-46-53-60-73(3)4)71-96-100(88,89)94-67-76(83)68-95-101(90,91)97-72-78(70-93-80(85)64-57-50-43-38-31-33-40-47-54-61-74(5)6)99-82(87)66-59-52-45-37-30-29-34-41-48-55-62-75(7)9-2/h73-78,83H,8-72H2,1-7H3,(H,88,89)(H,90,91)/t75?,76-,77-,78-/m1/s1. The molecule has 0 aliphatic heterocycles. The second-order valence-corrected chi connectivity index (χ2v) is 33.6. The van der Waals surface area contributed by atoms with Crippen LogP contribution in [0, 0.1) is 17.8 Å². The Kier molecular flexibility index (Phi) is 70.9. The van der Waals surface area contributed by atoms with Gasteiger partial charge in [-0.2, -0.15) is 0 Å². The van der Waals surface area contributed by atoms with Gasteiger partial charge in [0.15, 0.2) is 12.2 Å². The monoisotopic (exact) mass is 1480 g/mol. The zero-order valence-corrected chi connectivity index (χ0v) is 68.2. The van der Waals surface area contributed by atoms with Gasteiger partial charge in [0, 0.05) is 25.7 Å². The highest BCUT2D eigenvalue weighted by molar-refractivity contribution is 7.47. The van der Waals surface area contributed by atoms with Crippen LogP contribution in [0.4, 0.5) is 0 Å². The maximum Gasteiger partial charge on any atom is 0.472 e. The van der Waals surface area contributed by atoms with E-state index in [9.17, 15) is 43.2 Å². The normalized spacial score (nSPS) is 14.2. The van der Waals surface area contributed by atoms with Crippen LogP contribution in [0.1, 0.15) is 427 Å². The van der Waals surface area contributed by atoms with Crippen molar-refractivity contribution < 1.29 is 80.2 Å². The van der Waals surface area contributed by atoms with Crippen molar-refractivity contribution in [3.8, 4) is 0 Å². The van der Waals surface area contributed by atoms with E-state index in [0.29, 0.717) is 25.7 Å². The molecule has 19 heteroatoms. The molecule has 0 saturated heterocycles. The van der Waals surface area contributed by atoms with Gasteiger partial charge in [-0.15, -0.1) is 0 Å². The van der Waals surface area contributed by atoms with Crippen molar-refractivity contribution in [2.75, 3.05) is 39.6 Å². The topological polar surface area (TPSA) is 237 Å². The number of aliphatic hydroxyl groups is 1. The molecule has 0 aliphatic rings. The number of unbranched alkanes of at least 4 members (excludes halogenated alkanes) is 47. The third-order valence-corrected chi connectivity index (χ3v) is 21.4. The van der Waals surface area contributed by atoms with Gasteiger partial charge in [0.1, 0.15) is 19.3 Å². The summed E-state index contributed by atoms with van der Waals surface area (Å²) in [6, 6.07) is 0. The number of esters is 4. The molecule has 17 nitrogen and oxygen atoms in total. The molecule has 0 aromatic rings. The fourth-order valence-corrected chi connectivity index (χ4v) is 14.2. The molecule has 3 N–H and O–H groups in total.